The van der Waals surface area contributed by atoms with Crippen LogP contribution in [-0.4, -0.2) is 45.5 Å². The normalized spacial score (nSPS) is 37.7. The van der Waals surface area contributed by atoms with Crippen LogP contribution in [0.25, 0.3) is 10.9 Å². The number of aromatic nitrogens is 1. The maximum atomic E-state index is 14.1. The van der Waals surface area contributed by atoms with E-state index in [4.69, 9.17) is 0 Å². The number of nitrogens with one attached hydrogen (secondary N) is 2. The molecule has 1 aromatic carbocycles. The molecule has 1 amide bonds. The predicted molar refractivity (Wildman–Crippen MR) is 149 cm³/mol. The lowest BCUT2D eigenvalue weighted by atomic mass is 9.51. The lowest BCUT2D eigenvalue weighted by Gasteiger charge is -2.47. The summed E-state index contributed by atoms with van der Waals surface area (Å²) in [5.41, 5.74) is 0.848. The van der Waals surface area contributed by atoms with Crippen LogP contribution in [0, 0.1) is 35.0 Å². The zero-order valence-corrected chi connectivity index (χ0v) is 22.8. The molecular formula is C32H36N2O5. The molecule has 1 aliphatic heterocycles. The number of carbonyl (C=O) groups excluding carboxylic acids is 4. The maximum absolute atomic E-state index is 14.1. The number of H-pyrrole nitrogens is 1. The van der Waals surface area contributed by atoms with Crippen molar-refractivity contribution in [2.24, 2.45) is 35.0 Å². The van der Waals surface area contributed by atoms with Crippen LogP contribution < -0.4 is 5.32 Å². The Morgan fingerprint density at radius 2 is 1.79 bits per heavy atom. The van der Waals surface area contributed by atoms with Gasteiger partial charge < -0.3 is 15.4 Å². The Bertz CT molecular complexity index is 1430. The summed E-state index contributed by atoms with van der Waals surface area (Å²) in [5.74, 6) is -3.85. The van der Waals surface area contributed by atoms with E-state index in [1.165, 1.54) is 0 Å². The molecule has 0 unspecified atom stereocenters. The minimum absolute atomic E-state index is 0.0158. The summed E-state index contributed by atoms with van der Waals surface area (Å²) in [5, 5.41) is 14.7. The monoisotopic (exact) mass is 528 g/mol. The number of aliphatic hydroxyl groups excluding tert-OH is 1. The average Bonchev–Trinajstić information content (AvgIpc) is 3.45. The van der Waals surface area contributed by atoms with Crippen LogP contribution in [0.5, 0.6) is 0 Å². The lowest BCUT2D eigenvalue weighted by Crippen LogP contribution is -2.58. The highest BCUT2D eigenvalue weighted by atomic mass is 16.3. The molecule has 7 nitrogen and oxygen atoms in total. The van der Waals surface area contributed by atoms with Crippen molar-refractivity contribution in [1.29, 1.82) is 0 Å². The van der Waals surface area contributed by atoms with E-state index < -0.39 is 40.8 Å². The molecule has 3 aliphatic rings. The number of aliphatic hydroxyl groups is 1. The molecule has 204 valence electrons. The highest BCUT2D eigenvalue weighted by molar-refractivity contribution is 6.18. The molecule has 1 saturated carbocycles. The van der Waals surface area contributed by atoms with Gasteiger partial charge in [0, 0.05) is 35.0 Å². The SMILES string of the molecule is C/C1=C\[C@@H](C)C/C=C/[C@H]2C(=O)[C@@H](C)[C@@H](C)[C@H]3[C@H](Cc4c[nH]c5ccccc45)NC(=O)[C@]32C(=O)C=CC(=O)[C@@H]1O. The standard InChI is InChI=1S/C32H36N2O5/c1-17-8-7-10-23-30(38)20(4)19(3)28-25(15-21-16-33-24-11-6-5-9-22(21)24)34-31(39)32(23,28)27(36)13-12-26(35)29(37)18(2)14-17/h5-7,9-14,16-17,19-20,23,25,28-29,33,37H,8,15H2,1-4H3,(H,34,39)/b10-7+,13-12?,18-14+/t17-,19+,20-,23-,25-,28-,29+,32+/m0/s1. The molecule has 0 radical (unpaired) electrons. The van der Waals surface area contributed by atoms with Crippen molar-refractivity contribution < 1.29 is 24.3 Å². The van der Waals surface area contributed by atoms with Gasteiger partial charge >= 0.3 is 0 Å². The number of carbonyl (C=O) groups is 4. The van der Waals surface area contributed by atoms with E-state index in [0.29, 0.717) is 18.4 Å². The fourth-order valence-electron chi connectivity index (χ4n) is 7.09. The fraction of sp³-hybridized carbons (Fsp3) is 0.438. The number of benzene rings is 1. The Morgan fingerprint density at radius 1 is 1.05 bits per heavy atom. The minimum atomic E-state index is -1.67. The van der Waals surface area contributed by atoms with Gasteiger partial charge in [-0.15, -0.1) is 0 Å². The molecule has 3 N–H and O–H groups in total. The third kappa shape index (κ3) is 4.33. The van der Waals surface area contributed by atoms with Gasteiger partial charge in [-0.25, -0.2) is 0 Å². The second kappa shape index (κ2) is 10.2. The smallest absolute Gasteiger partial charge is 0.235 e. The topological polar surface area (TPSA) is 116 Å². The quantitative estimate of drug-likeness (QED) is 0.404. The number of para-hydroxylation sites is 1. The van der Waals surface area contributed by atoms with E-state index >= 15 is 0 Å². The Hall–Kier alpha value is -3.58. The highest BCUT2D eigenvalue weighted by Gasteiger charge is 2.68. The van der Waals surface area contributed by atoms with Crippen LogP contribution in [0.15, 0.2) is 66.4 Å². The summed E-state index contributed by atoms with van der Waals surface area (Å²) in [6.45, 7) is 7.46. The Labute approximate surface area is 228 Å². The van der Waals surface area contributed by atoms with E-state index in [2.05, 4.69) is 10.3 Å². The van der Waals surface area contributed by atoms with Gasteiger partial charge in [-0.05, 0) is 61.0 Å². The molecule has 1 saturated heterocycles. The number of hydrogen-bond donors (Lipinski definition) is 3. The number of Topliss-reactive ketones (excluding diaryl/α,β-unsaturated/α-hetero) is 1. The summed E-state index contributed by atoms with van der Waals surface area (Å²) in [6, 6.07) is 7.56. The minimum Gasteiger partial charge on any atom is -0.381 e. The van der Waals surface area contributed by atoms with Gasteiger partial charge in [0.25, 0.3) is 0 Å². The summed E-state index contributed by atoms with van der Waals surface area (Å²) in [4.78, 5) is 58.0. The number of hydrogen-bond acceptors (Lipinski definition) is 5. The summed E-state index contributed by atoms with van der Waals surface area (Å²) in [7, 11) is 0. The van der Waals surface area contributed by atoms with Crippen LogP contribution in [0.2, 0.25) is 0 Å². The second-order valence-electron chi connectivity index (χ2n) is 11.6. The van der Waals surface area contributed by atoms with Gasteiger partial charge in [0.15, 0.2) is 11.6 Å². The van der Waals surface area contributed by atoms with E-state index in [9.17, 15) is 24.3 Å². The van der Waals surface area contributed by atoms with Crippen molar-refractivity contribution in [2.75, 3.05) is 0 Å². The average molecular weight is 529 g/mol. The number of aromatic amines is 1. The molecule has 7 heteroatoms. The van der Waals surface area contributed by atoms with E-state index in [0.717, 1.165) is 28.6 Å². The van der Waals surface area contributed by atoms with Gasteiger partial charge in [0.1, 0.15) is 17.3 Å². The van der Waals surface area contributed by atoms with Gasteiger partial charge in [-0.1, -0.05) is 57.2 Å². The van der Waals surface area contributed by atoms with Crippen LogP contribution in [-0.2, 0) is 25.6 Å². The highest BCUT2D eigenvalue weighted by Crippen LogP contribution is 2.55. The summed E-state index contributed by atoms with van der Waals surface area (Å²) >= 11 is 0. The zero-order chi connectivity index (χ0) is 28.1. The van der Waals surface area contributed by atoms with Crippen molar-refractivity contribution in [3.8, 4) is 0 Å². The molecule has 8 atom stereocenters. The van der Waals surface area contributed by atoms with E-state index in [1.807, 2.05) is 63.4 Å². The summed E-state index contributed by atoms with van der Waals surface area (Å²) in [6.07, 6.45) is 9.20. The van der Waals surface area contributed by atoms with Gasteiger partial charge in [-0.3, -0.25) is 19.2 Å². The Morgan fingerprint density at radius 3 is 2.56 bits per heavy atom. The molecular weight excluding hydrogens is 492 g/mol. The second-order valence-corrected chi connectivity index (χ2v) is 11.6. The van der Waals surface area contributed by atoms with Crippen molar-refractivity contribution >= 4 is 34.2 Å². The van der Waals surface area contributed by atoms with E-state index in [-0.39, 0.29) is 29.6 Å². The molecule has 1 aromatic heterocycles. The summed E-state index contributed by atoms with van der Waals surface area (Å²) < 4.78 is 0. The molecule has 2 heterocycles. The Balaban J connectivity index is 1.63. The molecule has 39 heavy (non-hydrogen) atoms. The van der Waals surface area contributed by atoms with Gasteiger partial charge in [0.2, 0.25) is 5.91 Å². The number of rotatable bonds is 2. The molecule has 2 aromatic rings. The first-order valence-corrected chi connectivity index (χ1v) is 13.8. The first-order valence-electron chi connectivity index (χ1n) is 13.8. The number of fused-ring (bicyclic) bond motifs is 1. The molecule has 2 aliphatic carbocycles. The molecule has 0 bridgehead atoms. The van der Waals surface area contributed by atoms with Crippen molar-refractivity contribution in [3.05, 3.63) is 72.0 Å². The van der Waals surface area contributed by atoms with Crippen LogP contribution >= 0.6 is 0 Å². The first-order chi connectivity index (χ1) is 18.6. The van der Waals surface area contributed by atoms with Crippen molar-refractivity contribution in [1.82, 2.24) is 10.3 Å². The number of ketones is 3. The fourth-order valence-corrected chi connectivity index (χ4v) is 7.09. The van der Waals surface area contributed by atoms with Crippen LogP contribution in [0.4, 0.5) is 0 Å². The molecule has 2 fully saturated rings. The van der Waals surface area contributed by atoms with Crippen molar-refractivity contribution in [2.45, 2.75) is 52.7 Å². The van der Waals surface area contributed by atoms with Crippen LogP contribution in [0.3, 0.4) is 0 Å². The molecule has 5 rings (SSSR count). The van der Waals surface area contributed by atoms with Gasteiger partial charge in [-0.2, -0.15) is 0 Å². The zero-order valence-electron chi connectivity index (χ0n) is 22.8. The Kier molecular flexibility index (Phi) is 7.06. The van der Waals surface area contributed by atoms with Gasteiger partial charge in [0.05, 0.1) is 5.92 Å². The van der Waals surface area contributed by atoms with Crippen LogP contribution in [0.1, 0.15) is 39.7 Å². The largest absolute Gasteiger partial charge is 0.381 e. The first kappa shape index (κ1) is 27.0. The maximum Gasteiger partial charge on any atom is 0.235 e. The number of amides is 1. The molecule has 1 spiro atoms. The third-order valence-electron chi connectivity index (χ3n) is 9.26. The van der Waals surface area contributed by atoms with Crippen molar-refractivity contribution in [3.63, 3.8) is 0 Å². The lowest BCUT2D eigenvalue weighted by molar-refractivity contribution is -0.156. The van der Waals surface area contributed by atoms with E-state index in [1.54, 1.807) is 13.0 Å². The third-order valence-corrected chi connectivity index (χ3v) is 9.26. The predicted octanol–water partition coefficient (Wildman–Crippen LogP) is 3.88. The number of allylic oxidation sites excluding steroid dienone is 4.